The fourth-order valence-corrected chi connectivity index (χ4v) is 1.20. The molecule has 2 N–H and O–H groups in total. The maximum atomic E-state index is 10.3. The fourth-order valence-electron chi connectivity index (χ4n) is 0.570. The molecule has 0 aliphatic rings. The van der Waals surface area contributed by atoms with E-state index in [1.54, 1.807) is 6.07 Å². The number of hydrogen-bond donors (Lipinski definition) is 1. The largest absolute Gasteiger partial charge is 0.466 e. The van der Waals surface area contributed by atoms with Gasteiger partial charge in [-0.2, -0.15) is 8.42 Å². The summed E-state index contributed by atoms with van der Waals surface area (Å²) >= 11 is 3.12. The van der Waals surface area contributed by atoms with E-state index in [1.165, 1.54) is 6.26 Å². The minimum absolute atomic E-state index is 0.190. The first kappa shape index (κ1) is 9.72. The summed E-state index contributed by atoms with van der Waals surface area (Å²) in [6.07, 6.45) is 1.42. The zero-order chi connectivity index (χ0) is 9.19. The van der Waals surface area contributed by atoms with Gasteiger partial charge >= 0.3 is 10.3 Å². The van der Waals surface area contributed by atoms with Crippen molar-refractivity contribution in [3.8, 4) is 0 Å². The number of halogens is 1. The van der Waals surface area contributed by atoms with Gasteiger partial charge in [-0.15, -0.1) is 0 Å². The Morgan fingerprint density at radius 3 is 2.75 bits per heavy atom. The highest BCUT2D eigenvalue weighted by Gasteiger charge is 2.05. The van der Waals surface area contributed by atoms with Gasteiger partial charge in [0.05, 0.1) is 4.47 Å². The molecule has 1 aromatic heterocycles. The molecular formula is C5H6BrNO4S. The Morgan fingerprint density at radius 2 is 2.33 bits per heavy atom. The lowest BCUT2D eigenvalue weighted by Crippen LogP contribution is -2.15. The van der Waals surface area contributed by atoms with Crippen LogP contribution in [-0.4, -0.2) is 8.42 Å². The second-order valence-electron chi connectivity index (χ2n) is 1.99. The summed E-state index contributed by atoms with van der Waals surface area (Å²) in [4.78, 5) is 0. The highest BCUT2D eigenvalue weighted by atomic mass is 79.9. The second-order valence-corrected chi connectivity index (χ2v) is 4.12. The van der Waals surface area contributed by atoms with E-state index >= 15 is 0 Å². The first-order valence-electron chi connectivity index (χ1n) is 2.87. The van der Waals surface area contributed by atoms with Crippen LogP contribution >= 0.6 is 15.9 Å². The van der Waals surface area contributed by atoms with Crippen LogP contribution in [0.15, 0.2) is 21.2 Å². The van der Waals surface area contributed by atoms with E-state index in [2.05, 4.69) is 25.3 Å². The predicted molar refractivity (Wildman–Crippen MR) is 44.3 cm³/mol. The molecule has 0 saturated heterocycles. The predicted octanol–water partition coefficient (Wildman–Crippen LogP) is 0.762. The van der Waals surface area contributed by atoms with Gasteiger partial charge in [0.15, 0.2) is 0 Å². The smallest absolute Gasteiger partial charge is 0.333 e. The molecular weight excluding hydrogens is 250 g/mol. The molecule has 1 aromatic rings. The van der Waals surface area contributed by atoms with E-state index < -0.39 is 10.3 Å². The molecule has 0 fully saturated rings. The Balaban J connectivity index is 2.55. The first-order valence-corrected chi connectivity index (χ1v) is 5.14. The van der Waals surface area contributed by atoms with Crippen molar-refractivity contribution in [2.75, 3.05) is 0 Å². The molecule has 1 rings (SSSR count). The van der Waals surface area contributed by atoms with Crippen molar-refractivity contribution in [2.24, 2.45) is 5.14 Å². The Kier molecular flexibility index (Phi) is 2.89. The maximum Gasteiger partial charge on any atom is 0.333 e. The van der Waals surface area contributed by atoms with E-state index in [4.69, 9.17) is 4.42 Å². The lowest BCUT2D eigenvalue weighted by atomic mass is 10.5. The van der Waals surface area contributed by atoms with E-state index in [-0.39, 0.29) is 6.61 Å². The van der Waals surface area contributed by atoms with Crippen molar-refractivity contribution in [1.29, 1.82) is 0 Å². The van der Waals surface area contributed by atoms with Crippen molar-refractivity contribution in [3.63, 3.8) is 0 Å². The van der Waals surface area contributed by atoms with Gasteiger partial charge in [-0.25, -0.2) is 5.14 Å². The molecule has 0 saturated carbocycles. The van der Waals surface area contributed by atoms with E-state index in [0.717, 1.165) is 4.47 Å². The average Bonchev–Trinajstić information content (AvgIpc) is 2.30. The Hall–Kier alpha value is -0.370. The molecule has 0 aliphatic heterocycles. The third-order valence-corrected chi connectivity index (χ3v) is 1.85. The molecule has 0 spiro atoms. The molecule has 68 valence electrons. The van der Waals surface area contributed by atoms with Gasteiger partial charge in [-0.3, -0.25) is 4.18 Å². The second kappa shape index (κ2) is 3.56. The summed E-state index contributed by atoms with van der Waals surface area (Å²) in [6, 6.07) is 1.59. The van der Waals surface area contributed by atoms with Gasteiger partial charge < -0.3 is 4.42 Å². The van der Waals surface area contributed by atoms with E-state index in [1.807, 2.05) is 0 Å². The van der Waals surface area contributed by atoms with E-state index in [9.17, 15) is 8.42 Å². The standard InChI is InChI=1S/C5H6BrNO4S/c6-4-1-5(10-2-4)3-11-12(7,8)9/h1-2H,3H2,(H2,7,8,9). The van der Waals surface area contributed by atoms with Crippen molar-refractivity contribution in [3.05, 3.63) is 22.6 Å². The SMILES string of the molecule is NS(=O)(=O)OCc1cc(Br)co1. The molecule has 0 bridgehead atoms. The van der Waals surface area contributed by atoms with Crippen molar-refractivity contribution in [2.45, 2.75) is 6.61 Å². The van der Waals surface area contributed by atoms with Gasteiger partial charge in [-0.05, 0) is 22.0 Å². The number of hydrogen-bond acceptors (Lipinski definition) is 4. The quantitative estimate of drug-likeness (QED) is 0.865. The van der Waals surface area contributed by atoms with Crippen LogP contribution in [0.2, 0.25) is 0 Å². The van der Waals surface area contributed by atoms with Gasteiger partial charge in [-0.1, -0.05) is 0 Å². The monoisotopic (exact) mass is 255 g/mol. The van der Waals surface area contributed by atoms with Crippen molar-refractivity contribution < 1.29 is 17.0 Å². The van der Waals surface area contributed by atoms with Crippen molar-refractivity contribution in [1.82, 2.24) is 0 Å². The molecule has 0 amide bonds. The summed E-state index contributed by atoms with van der Waals surface area (Å²) in [5, 5.41) is 4.59. The molecule has 7 heteroatoms. The van der Waals surface area contributed by atoms with Gasteiger partial charge in [0, 0.05) is 0 Å². The van der Waals surface area contributed by atoms with Crippen LogP contribution in [0.25, 0.3) is 0 Å². The zero-order valence-electron chi connectivity index (χ0n) is 5.86. The minimum Gasteiger partial charge on any atom is -0.466 e. The normalized spacial score (nSPS) is 11.8. The third-order valence-electron chi connectivity index (χ3n) is 0.987. The Morgan fingerprint density at radius 1 is 1.67 bits per heavy atom. The van der Waals surface area contributed by atoms with Gasteiger partial charge in [0.25, 0.3) is 0 Å². The lowest BCUT2D eigenvalue weighted by molar-refractivity contribution is 0.275. The summed E-state index contributed by atoms with van der Waals surface area (Å²) in [7, 11) is -3.89. The van der Waals surface area contributed by atoms with Crippen LogP contribution in [0.4, 0.5) is 0 Å². The van der Waals surface area contributed by atoms with Gasteiger partial charge in [0.1, 0.15) is 18.6 Å². The van der Waals surface area contributed by atoms with Crippen LogP contribution in [0.1, 0.15) is 5.76 Å². The average molecular weight is 256 g/mol. The highest BCUT2D eigenvalue weighted by molar-refractivity contribution is 9.10. The van der Waals surface area contributed by atoms with Gasteiger partial charge in [0.2, 0.25) is 0 Å². The molecule has 12 heavy (non-hydrogen) atoms. The Bertz CT molecular complexity index is 357. The summed E-state index contributed by atoms with van der Waals surface area (Å²) in [6.45, 7) is -0.190. The van der Waals surface area contributed by atoms with Crippen molar-refractivity contribution >= 4 is 26.2 Å². The Labute approximate surface area is 77.9 Å². The van der Waals surface area contributed by atoms with Crippen LogP contribution in [0.5, 0.6) is 0 Å². The molecule has 0 aromatic carbocycles. The van der Waals surface area contributed by atoms with Crippen LogP contribution in [-0.2, 0) is 21.1 Å². The molecule has 0 unspecified atom stereocenters. The van der Waals surface area contributed by atoms with E-state index in [0.29, 0.717) is 5.76 Å². The molecule has 0 atom stereocenters. The molecule has 0 radical (unpaired) electrons. The van der Waals surface area contributed by atoms with Crippen LogP contribution in [0.3, 0.4) is 0 Å². The first-order chi connectivity index (χ1) is 5.47. The molecule has 5 nitrogen and oxygen atoms in total. The molecule has 0 aliphatic carbocycles. The zero-order valence-corrected chi connectivity index (χ0v) is 8.26. The summed E-state index contributed by atoms with van der Waals surface area (Å²) in [5.41, 5.74) is 0. The number of furan rings is 1. The molecule has 1 heterocycles. The van der Waals surface area contributed by atoms with Crippen LogP contribution < -0.4 is 5.14 Å². The minimum atomic E-state index is -3.89. The topological polar surface area (TPSA) is 82.5 Å². The number of rotatable bonds is 3. The third kappa shape index (κ3) is 3.35. The van der Waals surface area contributed by atoms with Crippen LogP contribution in [0, 0.1) is 0 Å². The highest BCUT2D eigenvalue weighted by Crippen LogP contribution is 2.14. The summed E-state index contributed by atoms with van der Waals surface area (Å²) in [5.74, 6) is 0.385. The maximum absolute atomic E-state index is 10.3. The summed E-state index contributed by atoms with van der Waals surface area (Å²) < 4.78 is 30.5. The number of nitrogens with two attached hydrogens (primary N) is 1. The lowest BCUT2D eigenvalue weighted by Gasteiger charge is -1.95. The fraction of sp³-hybridized carbons (Fsp3) is 0.200.